The molecule has 0 amide bonds. The second-order valence-electron chi connectivity index (χ2n) is 4.33. The van der Waals surface area contributed by atoms with Gasteiger partial charge in [0.2, 0.25) is 0 Å². The van der Waals surface area contributed by atoms with Gasteiger partial charge in [0.25, 0.3) is 0 Å². The van der Waals surface area contributed by atoms with E-state index in [1.807, 2.05) is 29.8 Å². The van der Waals surface area contributed by atoms with Crippen molar-refractivity contribution in [2.45, 2.75) is 26.2 Å². The summed E-state index contributed by atoms with van der Waals surface area (Å²) in [5.74, 6) is 0. The summed E-state index contributed by atoms with van der Waals surface area (Å²) >= 11 is 5.92. The molecule has 0 bridgehead atoms. The number of hydrogen-bond acceptors (Lipinski definition) is 1. The first-order valence-corrected chi connectivity index (χ1v) is 6.54. The van der Waals surface area contributed by atoms with E-state index < -0.39 is 11.7 Å². The number of rotatable bonds is 4. The Kier molecular flexibility index (Phi) is 4.28. The number of halogens is 4. The molecule has 1 N–H and O–H groups in total. The van der Waals surface area contributed by atoms with Crippen molar-refractivity contribution in [2.75, 3.05) is 5.32 Å². The molecule has 20 heavy (non-hydrogen) atoms. The van der Waals surface area contributed by atoms with Crippen LogP contribution in [-0.4, -0.2) is 4.57 Å². The number of nitrogens with one attached hydrogen (secondary N) is 1. The van der Waals surface area contributed by atoms with Crippen LogP contribution < -0.4 is 5.32 Å². The number of hydrogen-bond donors (Lipinski definition) is 1. The Balaban J connectivity index is 2.17. The molecule has 108 valence electrons. The molecule has 0 aliphatic carbocycles. The van der Waals surface area contributed by atoms with E-state index in [9.17, 15) is 13.2 Å². The normalized spacial score (nSPS) is 11.7. The molecule has 1 aromatic carbocycles. The van der Waals surface area contributed by atoms with E-state index in [1.54, 1.807) is 0 Å². The van der Waals surface area contributed by atoms with E-state index in [4.69, 9.17) is 11.6 Å². The third kappa shape index (κ3) is 3.28. The van der Waals surface area contributed by atoms with Gasteiger partial charge in [0.1, 0.15) is 0 Å². The minimum atomic E-state index is -4.37. The monoisotopic (exact) mass is 302 g/mol. The number of benzene rings is 1. The van der Waals surface area contributed by atoms with Crippen LogP contribution in [0, 0.1) is 0 Å². The van der Waals surface area contributed by atoms with Crippen molar-refractivity contribution in [2.24, 2.45) is 0 Å². The Morgan fingerprint density at radius 2 is 2.00 bits per heavy atom. The molecule has 1 heterocycles. The molecule has 0 atom stereocenters. The summed E-state index contributed by atoms with van der Waals surface area (Å²) in [7, 11) is 0. The zero-order valence-corrected chi connectivity index (χ0v) is 11.6. The van der Waals surface area contributed by atoms with E-state index in [0.717, 1.165) is 24.4 Å². The summed E-state index contributed by atoms with van der Waals surface area (Å²) in [4.78, 5) is 0. The first kappa shape index (κ1) is 14.8. The summed E-state index contributed by atoms with van der Waals surface area (Å²) < 4.78 is 40.0. The molecule has 0 fully saturated rings. The lowest BCUT2D eigenvalue weighted by molar-refractivity contribution is -0.137. The highest BCUT2D eigenvalue weighted by atomic mass is 35.5. The van der Waals surface area contributed by atoms with Crippen molar-refractivity contribution in [3.05, 3.63) is 52.8 Å². The highest BCUT2D eigenvalue weighted by Gasteiger charge is 2.30. The fraction of sp³-hybridized carbons (Fsp3) is 0.286. The number of aromatic nitrogens is 1. The quantitative estimate of drug-likeness (QED) is 0.859. The van der Waals surface area contributed by atoms with Gasteiger partial charge in [0.15, 0.2) is 0 Å². The van der Waals surface area contributed by atoms with Crippen molar-refractivity contribution in [3.63, 3.8) is 0 Å². The van der Waals surface area contributed by atoms with Gasteiger partial charge in [-0.3, -0.25) is 0 Å². The summed E-state index contributed by atoms with van der Waals surface area (Å²) in [6, 6.07) is 7.07. The van der Waals surface area contributed by atoms with Crippen LogP contribution in [0.15, 0.2) is 36.5 Å². The SMILES string of the molecule is CCn1cccc1CNc1cc(C(F)(F)F)ccc1Cl. The third-order valence-electron chi connectivity index (χ3n) is 3.02. The van der Waals surface area contributed by atoms with Gasteiger partial charge in [-0.05, 0) is 37.3 Å². The van der Waals surface area contributed by atoms with E-state index in [1.165, 1.54) is 6.07 Å². The molecule has 0 saturated heterocycles. The van der Waals surface area contributed by atoms with E-state index in [0.29, 0.717) is 6.54 Å². The molecule has 2 aromatic rings. The number of alkyl halides is 3. The van der Waals surface area contributed by atoms with Gasteiger partial charge in [-0.2, -0.15) is 13.2 Å². The summed E-state index contributed by atoms with van der Waals surface area (Å²) in [6.07, 6.45) is -2.45. The van der Waals surface area contributed by atoms with Gasteiger partial charge in [-0.15, -0.1) is 0 Å². The van der Waals surface area contributed by atoms with Crippen LogP contribution in [0.5, 0.6) is 0 Å². The largest absolute Gasteiger partial charge is 0.416 e. The predicted molar refractivity (Wildman–Crippen MR) is 73.9 cm³/mol. The summed E-state index contributed by atoms with van der Waals surface area (Å²) in [5.41, 5.74) is 0.557. The Morgan fingerprint density at radius 1 is 1.25 bits per heavy atom. The van der Waals surface area contributed by atoms with Gasteiger partial charge in [-0.1, -0.05) is 11.6 Å². The fourth-order valence-electron chi connectivity index (χ4n) is 1.94. The summed E-state index contributed by atoms with van der Waals surface area (Å²) in [5, 5.41) is 3.22. The van der Waals surface area contributed by atoms with Crippen LogP contribution in [0.3, 0.4) is 0 Å². The molecule has 2 nitrogen and oxygen atoms in total. The first-order valence-electron chi connectivity index (χ1n) is 6.16. The topological polar surface area (TPSA) is 17.0 Å². The van der Waals surface area contributed by atoms with Crippen LogP contribution in [-0.2, 0) is 19.3 Å². The Bertz CT molecular complexity index is 590. The van der Waals surface area contributed by atoms with Crippen LogP contribution in [0.1, 0.15) is 18.2 Å². The fourth-order valence-corrected chi connectivity index (χ4v) is 2.13. The molecular formula is C14H14ClF3N2. The molecule has 1 aromatic heterocycles. The maximum atomic E-state index is 12.7. The molecule has 0 unspecified atom stereocenters. The maximum Gasteiger partial charge on any atom is 0.416 e. The lowest BCUT2D eigenvalue weighted by atomic mass is 10.2. The molecule has 0 radical (unpaired) electrons. The highest BCUT2D eigenvalue weighted by Crippen LogP contribution is 2.33. The second-order valence-corrected chi connectivity index (χ2v) is 4.74. The standard InChI is InChI=1S/C14H14ClF3N2/c1-2-20-7-3-4-11(20)9-19-13-8-10(14(16,17)18)5-6-12(13)15/h3-8,19H,2,9H2,1H3. The first-order chi connectivity index (χ1) is 9.41. The van der Waals surface area contributed by atoms with Gasteiger partial charge >= 0.3 is 6.18 Å². The van der Waals surface area contributed by atoms with Gasteiger partial charge < -0.3 is 9.88 Å². The van der Waals surface area contributed by atoms with E-state index >= 15 is 0 Å². The molecular weight excluding hydrogens is 289 g/mol. The average Bonchev–Trinajstić information content (AvgIpc) is 2.83. The second kappa shape index (κ2) is 5.79. The van der Waals surface area contributed by atoms with E-state index in [2.05, 4.69) is 5.32 Å². The Labute approximate surface area is 120 Å². The molecule has 0 saturated carbocycles. The highest BCUT2D eigenvalue weighted by molar-refractivity contribution is 6.33. The van der Waals surface area contributed by atoms with Crippen molar-refractivity contribution < 1.29 is 13.2 Å². The Morgan fingerprint density at radius 3 is 2.65 bits per heavy atom. The Hall–Kier alpha value is -1.62. The molecule has 2 rings (SSSR count). The number of nitrogens with zero attached hydrogens (tertiary/aromatic N) is 1. The lowest BCUT2D eigenvalue weighted by Gasteiger charge is -2.13. The van der Waals surface area contributed by atoms with Crippen molar-refractivity contribution in [3.8, 4) is 0 Å². The molecule has 0 aliphatic rings. The minimum absolute atomic E-state index is 0.271. The zero-order chi connectivity index (χ0) is 14.8. The maximum absolute atomic E-state index is 12.7. The number of anilines is 1. The predicted octanol–water partition coefficient (Wildman–Crippen LogP) is 4.79. The molecule has 6 heteroatoms. The average molecular weight is 303 g/mol. The summed E-state index contributed by atoms with van der Waals surface area (Å²) in [6.45, 7) is 3.23. The third-order valence-corrected chi connectivity index (χ3v) is 3.35. The van der Waals surface area contributed by atoms with Gasteiger partial charge in [-0.25, -0.2) is 0 Å². The lowest BCUT2D eigenvalue weighted by Crippen LogP contribution is -2.09. The van der Waals surface area contributed by atoms with Crippen LogP contribution >= 0.6 is 11.6 Å². The van der Waals surface area contributed by atoms with E-state index in [-0.39, 0.29) is 10.7 Å². The van der Waals surface area contributed by atoms with Crippen LogP contribution in [0.25, 0.3) is 0 Å². The van der Waals surface area contributed by atoms with Gasteiger partial charge in [0, 0.05) is 18.4 Å². The van der Waals surface area contributed by atoms with Crippen LogP contribution in [0.4, 0.5) is 18.9 Å². The smallest absolute Gasteiger partial charge is 0.378 e. The zero-order valence-electron chi connectivity index (χ0n) is 10.8. The van der Waals surface area contributed by atoms with Crippen molar-refractivity contribution in [1.29, 1.82) is 0 Å². The van der Waals surface area contributed by atoms with Gasteiger partial charge in [0.05, 0.1) is 22.8 Å². The number of aryl methyl sites for hydroxylation is 1. The van der Waals surface area contributed by atoms with Crippen molar-refractivity contribution in [1.82, 2.24) is 4.57 Å². The minimum Gasteiger partial charge on any atom is -0.378 e. The van der Waals surface area contributed by atoms with Crippen molar-refractivity contribution >= 4 is 17.3 Å². The van der Waals surface area contributed by atoms with Crippen LogP contribution in [0.2, 0.25) is 5.02 Å². The molecule has 0 aliphatic heterocycles. The molecule has 0 spiro atoms.